The molecule has 0 bridgehead atoms. The number of benzene rings is 1. The van der Waals surface area contributed by atoms with Gasteiger partial charge in [-0.05, 0) is 32.0 Å². The van der Waals surface area contributed by atoms with Gasteiger partial charge in [0.2, 0.25) is 0 Å². The van der Waals surface area contributed by atoms with E-state index in [4.69, 9.17) is 0 Å². The number of piperazine rings is 1. The highest BCUT2D eigenvalue weighted by atomic mass is 79.9. The van der Waals surface area contributed by atoms with E-state index in [0.29, 0.717) is 12.2 Å². The first-order chi connectivity index (χ1) is 10.6. The van der Waals surface area contributed by atoms with Crippen molar-refractivity contribution in [2.24, 2.45) is 0 Å². The summed E-state index contributed by atoms with van der Waals surface area (Å²) < 4.78 is 2.66. The van der Waals surface area contributed by atoms with Crippen LogP contribution in [0.4, 0.5) is 0 Å². The molecule has 1 fully saturated rings. The molecular formula is C15H19BrClN5O. The number of aromatic nitrogens is 3. The number of hydrogen-bond donors (Lipinski definition) is 1. The monoisotopic (exact) mass is 399 g/mol. The minimum Gasteiger partial charge on any atom is -0.332 e. The number of halogens is 2. The second-order valence-corrected chi connectivity index (χ2v) is 6.38. The summed E-state index contributed by atoms with van der Waals surface area (Å²) in [4.78, 5) is 14.6. The van der Waals surface area contributed by atoms with Crippen LogP contribution in [0, 0.1) is 6.92 Å². The predicted octanol–water partition coefficient (Wildman–Crippen LogP) is 2.19. The summed E-state index contributed by atoms with van der Waals surface area (Å²) in [5.41, 5.74) is 2.06. The van der Waals surface area contributed by atoms with E-state index < -0.39 is 0 Å². The Morgan fingerprint density at radius 3 is 2.91 bits per heavy atom. The van der Waals surface area contributed by atoms with Crippen LogP contribution in [-0.4, -0.2) is 51.5 Å². The Kier molecular flexibility index (Phi) is 5.78. The topological polar surface area (TPSA) is 63.1 Å². The maximum absolute atomic E-state index is 12.7. The Morgan fingerprint density at radius 2 is 2.22 bits per heavy atom. The maximum Gasteiger partial charge on any atom is 0.276 e. The van der Waals surface area contributed by atoms with E-state index >= 15 is 0 Å². The van der Waals surface area contributed by atoms with Crippen molar-refractivity contribution in [1.29, 1.82) is 0 Å². The molecule has 1 N–H and O–H groups in total. The Labute approximate surface area is 149 Å². The Balaban J connectivity index is 0.00000192. The highest BCUT2D eigenvalue weighted by Gasteiger charge is 2.28. The lowest BCUT2D eigenvalue weighted by molar-refractivity contribution is 0.0649. The van der Waals surface area contributed by atoms with Crippen molar-refractivity contribution in [3.63, 3.8) is 0 Å². The van der Waals surface area contributed by atoms with Gasteiger partial charge in [-0.3, -0.25) is 4.79 Å². The van der Waals surface area contributed by atoms with Crippen LogP contribution < -0.4 is 5.32 Å². The van der Waals surface area contributed by atoms with Crippen molar-refractivity contribution < 1.29 is 4.79 Å². The molecule has 3 rings (SSSR count). The molecule has 0 aliphatic carbocycles. The van der Waals surface area contributed by atoms with Gasteiger partial charge in [0, 0.05) is 30.1 Å². The molecular weight excluding hydrogens is 382 g/mol. The molecule has 124 valence electrons. The zero-order chi connectivity index (χ0) is 15.7. The van der Waals surface area contributed by atoms with Gasteiger partial charge in [0.1, 0.15) is 0 Å². The van der Waals surface area contributed by atoms with Crippen LogP contribution in [0.3, 0.4) is 0 Å². The van der Waals surface area contributed by atoms with E-state index in [1.165, 1.54) is 0 Å². The fourth-order valence-electron chi connectivity index (χ4n) is 2.66. The lowest BCUT2D eigenvalue weighted by Crippen LogP contribution is -2.52. The summed E-state index contributed by atoms with van der Waals surface area (Å²) in [5.74, 6) is -0.0484. The van der Waals surface area contributed by atoms with Crippen LogP contribution in [-0.2, 0) is 0 Å². The van der Waals surface area contributed by atoms with Gasteiger partial charge in [-0.15, -0.1) is 17.5 Å². The number of carbonyl (C=O) groups excluding carboxylic acids is 1. The normalized spacial score (nSPS) is 17.7. The van der Waals surface area contributed by atoms with Gasteiger partial charge >= 0.3 is 0 Å². The fourth-order valence-corrected chi connectivity index (χ4v) is 3.05. The third-order valence-electron chi connectivity index (χ3n) is 3.91. The summed E-state index contributed by atoms with van der Waals surface area (Å²) in [6, 6.07) is 7.93. The first kappa shape index (κ1) is 17.9. The van der Waals surface area contributed by atoms with Crippen molar-refractivity contribution >= 4 is 34.2 Å². The van der Waals surface area contributed by atoms with Crippen LogP contribution in [0.25, 0.3) is 5.69 Å². The maximum atomic E-state index is 12.7. The zero-order valence-electron chi connectivity index (χ0n) is 13.0. The van der Waals surface area contributed by atoms with Crippen LogP contribution in [0.5, 0.6) is 0 Å². The highest BCUT2D eigenvalue weighted by molar-refractivity contribution is 9.10. The van der Waals surface area contributed by atoms with E-state index in [0.717, 1.165) is 28.9 Å². The molecule has 1 saturated heterocycles. The summed E-state index contributed by atoms with van der Waals surface area (Å²) in [6.07, 6.45) is 0. The minimum atomic E-state index is -0.0484. The van der Waals surface area contributed by atoms with Crippen molar-refractivity contribution in [1.82, 2.24) is 25.2 Å². The summed E-state index contributed by atoms with van der Waals surface area (Å²) >= 11 is 3.45. The molecule has 1 atom stereocenters. The van der Waals surface area contributed by atoms with E-state index in [-0.39, 0.29) is 24.4 Å². The molecule has 0 radical (unpaired) electrons. The van der Waals surface area contributed by atoms with Crippen molar-refractivity contribution in [2.45, 2.75) is 19.9 Å². The quantitative estimate of drug-likeness (QED) is 0.839. The Bertz CT molecular complexity index is 705. The Morgan fingerprint density at radius 1 is 1.43 bits per heavy atom. The molecule has 0 saturated carbocycles. The molecule has 0 spiro atoms. The third-order valence-corrected chi connectivity index (χ3v) is 4.41. The van der Waals surface area contributed by atoms with Gasteiger partial charge in [0.15, 0.2) is 5.69 Å². The van der Waals surface area contributed by atoms with Crippen LogP contribution >= 0.6 is 28.3 Å². The molecule has 1 amide bonds. The molecule has 8 heteroatoms. The molecule has 2 heterocycles. The molecule has 2 aromatic rings. The second-order valence-electron chi connectivity index (χ2n) is 5.47. The lowest BCUT2D eigenvalue weighted by Gasteiger charge is -2.33. The molecule has 23 heavy (non-hydrogen) atoms. The minimum absolute atomic E-state index is 0. The predicted molar refractivity (Wildman–Crippen MR) is 94.4 cm³/mol. The lowest BCUT2D eigenvalue weighted by atomic mass is 10.2. The second kappa shape index (κ2) is 7.42. The van der Waals surface area contributed by atoms with Gasteiger partial charge < -0.3 is 10.2 Å². The van der Waals surface area contributed by atoms with Gasteiger partial charge in [0.25, 0.3) is 5.91 Å². The average molecular weight is 401 g/mol. The van der Waals surface area contributed by atoms with Gasteiger partial charge in [-0.25, -0.2) is 4.68 Å². The average Bonchev–Trinajstić information content (AvgIpc) is 2.89. The summed E-state index contributed by atoms with van der Waals surface area (Å²) in [7, 11) is 0. The van der Waals surface area contributed by atoms with Gasteiger partial charge in [-0.2, -0.15) is 0 Å². The largest absolute Gasteiger partial charge is 0.332 e. The standard InChI is InChI=1S/C15H18BrN5O.ClH/c1-10-9-17-6-7-20(10)15(22)14-11(2)21(19-18-14)13-5-3-4-12(16)8-13;/h3-5,8,10,17H,6-7,9H2,1-2H3;1H/t10-;/m0./s1. The summed E-state index contributed by atoms with van der Waals surface area (Å²) in [6.45, 7) is 6.24. The Hall–Kier alpha value is -1.44. The molecule has 1 aliphatic heterocycles. The van der Waals surface area contributed by atoms with Crippen LogP contribution in [0.15, 0.2) is 28.7 Å². The third kappa shape index (κ3) is 3.57. The van der Waals surface area contributed by atoms with Gasteiger partial charge in [0.05, 0.1) is 11.4 Å². The van der Waals surface area contributed by atoms with E-state index in [1.54, 1.807) is 4.68 Å². The molecule has 1 aliphatic rings. The number of rotatable bonds is 2. The first-order valence-electron chi connectivity index (χ1n) is 7.28. The van der Waals surface area contributed by atoms with Crippen molar-refractivity contribution in [2.75, 3.05) is 19.6 Å². The van der Waals surface area contributed by atoms with Gasteiger partial charge in [-0.1, -0.05) is 27.2 Å². The molecule has 1 aromatic heterocycles. The van der Waals surface area contributed by atoms with Crippen LogP contribution in [0.2, 0.25) is 0 Å². The molecule has 0 unspecified atom stereocenters. The fraction of sp³-hybridized carbons (Fsp3) is 0.400. The van der Waals surface area contributed by atoms with E-state index in [2.05, 4.69) is 31.6 Å². The molecule has 1 aromatic carbocycles. The van der Waals surface area contributed by atoms with E-state index in [1.807, 2.05) is 43.0 Å². The number of nitrogens with one attached hydrogen (secondary N) is 1. The summed E-state index contributed by atoms with van der Waals surface area (Å²) in [5, 5.41) is 11.6. The van der Waals surface area contributed by atoms with Crippen molar-refractivity contribution in [3.8, 4) is 5.69 Å². The highest BCUT2D eigenvalue weighted by Crippen LogP contribution is 2.18. The first-order valence-corrected chi connectivity index (χ1v) is 8.07. The number of nitrogens with zero attached hydrogens (tertiary/aromatic N) is 4. The SMILES string of the molecule is Cc1c(C(=O)N2CCNC[C@@H]2C)nnn1-c1cccc(Br)c1.Cl. The smallest absolute Gasteiger partial charge is 0.276 e. The number of hydrogen-bond acceptors (Lipinski definition) is 4. The molecule has 6 nitrogen and oxygen atoms in total. The van der Waals surface area contributed by atoms with Crippen molar-refractivity contribution in [3.05, 3.63) is 40.1 Å². The van der Waals surface area contributed by atoms with E-state index in [9.17, 15) is 4.79 Å². The zero-order valence-corrected chi connectivity index (χ0v) is 15.4. The number of carbonyl (C=O) groups is 1. The van der Waals surface area contributed by atoms with Crippen LogP contribution in [0.1, 0.15) is 23.1 Å². The number of amides is 1.